The molecule has 12 heavy (non-hydrogen) atoms. The summed E-state index contributed by atoms with van der Waals surface area (Å²) in [5.41, 5.74) is 0. The summed E-state index contributed by atoms with van der Waals surface area (Å²) < 4.78 is 0. The van der Waals surface area contributed by atoms with Crippen LogP contribution >= 0.6 is 11.3 Å². The van der Waals surface area contributed by atoms with Crippen LogP contribution in [0.5, 0.6) is 0 Å². The van der Waals surface area contributed by atoms with Crippen LogP contribution in [0, 0.1) is 0 Å². The van der Waals surface area contributed by atoms with Crippen LogP contribution < -0.4 is 5.32 Å². The first-order chi connectivity index (χ1) is 5.86. The minimum atomic E-state index is -0.146. The number of thiophene rings is 1. The predicted molar refractivity (Wildman–Crippen MR) is 50.4 cm³/mol. The molecule has 2 rings (SSSR count). The molecule has 0 bridgehead atoms. The first kappa shape index (κ1) is 8.23. The summed E-state index contributed by atoms with van der Waals surface area (Å²) in [6.07, 6.45) is 1.72. The Morgan fingerprint density at radius 2 is 2.58 bits per heavy atom. The van der Waals surface area contributed by atoms with Crippen molar-refractivity contribution in [2.45, 2.75) is 25.0 Å². The largest absolute Gasteiger partial charge is 0.391 e. The highest BCUT2D eigenvalue weighted by Gasteiger charge is 2.24. The first-order valence-electron chi connectivity index (χ1n) is 4.30. The maximum atomic E-state index is 9.53. The summed E-state index contributed by atoms with van der Waals surface area (Å²) in [7, 11) is 0. The molecule has 0 saturated carbocycles. The van der Waals surface area contributed by atoms with Gasteiger partial charge >= 0.3 is 0 Å². The Morgan fingerprint density at radius 1 is 1.67 bits per heavy atom. The maximum Gasteiger partial charge on any atom is 0.0708 e. The zero-order valence-corrected chi connectivity index (χ0v) is 7.68. The lowest BCUT2D eigenvalue weighted by atomic mass is 10.1. The molecule has 0 amide bonds. The highest BCUT2D eigenvalue weighted by Crippen LogP contribution is 2.16. The molecule has 1 aliphatic heterocycles. The third kappa shape index (κ3) is 1.68. The second-order valence-electron chi connectivity index (χ2n) is 3.20. The summed E-state index contributed by atoms with van der Waals surface area (Å²) in [6, 6.07) is 4.46. The zero-order chi connectivity index (χ0) is 8.39. The van der Waals surface area contributed by atoms with Crippen LogP contribution in [-0.2, 0) is 6.42 Å². The molecule has 0 spiro atoms. The fourth-order valence-corrected chi connectivity index (χ4v) is 2.37. The van der Waals surface area contributed by atoms with Gasteiger partial charge in [-0.2, -0.15) is 0 Å². The molecule has 1 aliphatic rings. The molecule has 1 saturated heterocycles. The van der Waals surface area contributed by atoms with Gasteiger partial charge in [-0.25, -0.2) is 0 Å². The Hall–Kier alpha value is -0.380. The van der Waals surface area contributed by atoms with Crippen molar-refractivity contribution in [2.24, 2.45) is 0 Å². The predicted octanol–water partition coefficient (Wildman–Crippen LogP) is 1.01. The SMILES string of the molecule is OC1CCNC1Cc1cccs1. The molecule has 2 unspecified atom stereocenters. The van der Waals surface area contributed by atoms with Crippen LogP contribution in [-0.4, -0.2) is 23.8 Å². The smallest absolute Gasteiger partial charge is 0.0708 e. The molecule has 66 valence electrons. The van der Waals surface area contributed by atoms with Gasteiger partial charge in [0.15, 0.2) is 0 Å². The molecule has 1 aromatic heterocycles. The number of hydrogen-bond donors (Lipinski definition) is 2. The lowest BCUT2D eigenvalue weighted by molar-refractivity contribution is 0.159. The number of rotatable bonds is 2. The van der Waals surface area contributed by atoms with Gasteiger partial charge in [-0.15, -0.1) is 11.3 Å². The minimum Gasteiger partial charge on any atom is -0.391 e. The van der Waals surface area contributed by atoms with E-state index in [-0.39, 0.29) is 12.1 Å². The summed E-state index contributed by atoms with van der Waals surface area (Å²) in [6.45, 7) is 0.956. The average Bonchev–Trinajstić information content (AvgIpc) is 2.65. The number of hydrogen-bond acceptors (Lipinski definition) is 3. The van der Waals surface area contributed by atoms with Crippen molar-refractivity contribution in [1.82, 2.24) is 5.32 Å². The number of aliphatic hydroxyl groups is 1. The topological polar surface area (TPSA) is 32.3 Å². The number of aliphatic hydroxyl groups excluding tert-OH is 1. The van der Waals surface area contributed by atoms with Gasteiger partial charge in [-0.05, 0) is 30.8 Å². The molecular formula is C9H13NOS. The normalized spacial score (nSPS) is 29.4. The quantitative estimate of drug-likeness (QED) is 0.717. The van der Waals surface area contributed by atoms with E-state index in [0.717, 1.165) is 19.4 Å². The van der Waals surface area contributed by atoms with Gasteiger partial charge < -0.3 is 10.4 Å². The van der Waals surface area contributed by atoms with Crippen LogP contribution in [0.4, 0.5) is 0 Å². The third-order valence-corrected chi connectivity index (χ3v) is 3.21. The third-order valence-electron chi connectivity index (χ3n) is 2.31. The van der Waals surface area contributed by atoms with Crippen LogP contribution in [0.1, 0.15) is 11.3 Å². The van der Waals surface area contributed by atoms with Crippen molar-refractivity contribution in [3.63, 3.8) is 0 Å². The van der Waals surface area contributed by atoms with Crippen molar-refractivity contribution in [1.29, 1.82) is 0 Å². The molecular weight excluding hydrogens is 170 g/mol. The molecule has 0 aromatic carbocycles. The monoisotopic (exact) mass is 183 g/mol. The van der Waals surface area contributed by atoms with Crippen molar-refractivity contribution in [3.05, 3.63) is 22.4 Å². The van der Waals surface area contributed by atoms with Gasteiger partial charge in [0.05, 0.1) is 6.10 Å². The Labute approximate surface area is 76.2 Å². The Bertz CT molecular complexity index is 235. The van der Waals surface area contributed by atoms with E-state index in [1.165, 1.54) is 4.88 Å². The maximum absolute atomic E-state index is 9.53. The van der Waals surface area contributed by atoms with E-state index >= 15 is 0 Å². The molecule has 0 aliphatic carbocycles. The molecule has 2 N–H and O–H groups in total. The Kier molecular flexibility index (Phi) is 2.44. The van der Waals surface area contributed by atoms with Crippen LogP contribution in [0.2, 0.25) is 0 Å². The minimum absolute atomic E-state index is 0.146. The fraction of sp³-hybridized carbons (Fsp3) is 0.556. The van der Waals surface area contributed by atoms with Gasteiger partial charge in [-0.1, -0.05) is 6.07 Å². The second kappa shape index (κ2) is 3.56. The van der Waals surface area contributed by atoms with Gasteiger partial charge in [0.25, 0.3) is 0 Å². The highest BCUT2D eigenvalue weighted by molar-refractivity contribution is 7.09. The lowest BCUT2D eigenvalue weighted by Crippen LogP contribution is -2.31. The molecule has 2 atom stereocenters. The van der Waals surface area contributed by atoms with Gasteiger partial charge in [0.1, 0.15) is 0 Å². The zero-order valence-electron chi connectivity index (χ0n) is 6.86. The summed E-state index contributed by atoms with van der Waals surface area (Å²) >= 11 is 1.76. The van der Waals surface area contributed by atoms with Crippen molar-refractivity contribution < 1.29 is 5.11 Å². The van der Waals surface area contributed by atoms with Gasteiger partial charge in [-0.3, -0.25) is 0 Å². The summed E-state index contributed by atoms with van der Waals surface area (Å²) in [4.78, 5) is 1.36. The van der Waals surface area contributed by atoms with E-state index in [0.29, 0.717) is 0 Å². The summed E-state index contributed by atoms with van der Waals surface area (Å²) in [5.74, 6) is 0. The molecule has 1 fully saturated rings. The molecule has 0 radical (unpaired) electrons. The number of nitrogens with one attached hydrogen (secondary N) is 1. The van der Waals surface area contributed by atoms with Crippen molar-refractivity contribution in [2.75, 3.05) is 6.54 Å². The van der Waals surface area contributed by atoms with E-state index in [2.05, 4.69) is 22.8 Å². The first-order valence-corrected chi connectivity index (χ1v) is 5.18. The molecule has 3 heteroatoms. The standard InChI is InChI=1S/C9H13NOS/c11-9-3-4-10-8(9)6-7-2-1-5-12-7/h1-2,5,8-11H,3-4,6H2. The van der Waals surface area contributed by atoms with Crippen molar-refractivity contribution >= 4 is 11.3 Å². The average molecular weight is 183 g/mol. The summed E-state index contributed by atoms with van der Waals surface area (Å²) in [5, 5.41) is 14.9. The van der Waals surface area contributed by atoms with E-state index in [1.54, 1.807) is 11.3 Å². The highest BCUT2D eigenvalue weighted by atomic mass is 32.1. The molecule has 2 heterocycles. The van der Waals surface area contributed by atoms with Crippen LogP contribution in [0.3, 0.4) is 0 Å². The van der Waals surface area contributed by atoms with Gasteiger partial charge in [0, 0.05) is 10.9 Å². The van der Waals surface area contributed by atoms with Crippen LogP contribution in [0.15, 0.2) is 17.5 Å². The van der Waals surface area contributed by atoms with Crippen LogP contribution in [0.25, 0.3) is 0 Å². The van der Waals surface area contributed by atoms with E-state index in [9.17, 15) is 5.11 Å². The van der Waals surface area contributed by atoms with Crippen molar-refractivity contribution in [3.8, 4) is 0 Å². The Morgan fingerprint density at radius 3 is 3.17 bits per heavy atom. The van der Waals surface area contributed by atoms with Gasteiger partial charge in [0.2, 0.25) is 0 Å². The fourth-order valence-electron chi connectivity index (χ4n) is 1.61. The molecule has 2 nitrogen and oxygen atoms in total. The Balaban J connectivity index is 1.95. The van der Waals surface area contributed by atoms with E-state index in [1.807, 2.05) is 0 Å². The van der Waals surface area contributed by atoms with E-state index < -0.39 is 0 Å². The lowest BCUT2D eigenvalue weighted by Gasteiger charge is -2.12. The second-order valence-corrected chi connectivity index (χ2v) is 4.23. The van der Waals surface area contributed by atoms with E-state index in [4.69, 9.17) is 0 Å². The molecule has 1 aromatic rings.